The Morgan fingerprint density at radius 1 is 0.829 bits per heavy atom. The highest BCUT2D eigenvalue weighted by molar-refractivity contribution is 6.30. The number of benzene rings is 3. The fourth-order valence-corrected chi connectivity index (χ4v) is 6.75. The fraction of sp³-hybridized carbons (Fsp3) is 0.258. The van der Waals surface area contributed by atoms with E-state index >= 15 is 0 Å². The average Bonchev–Trinajstić information content (AvgIpc) is 3.66. The second kappa shape index (κ2) is 10.8. The van der Waals surface area contributed by atoms with Gasteiger partial charge in [0.25, 0.3) is 11.8 Å². The van der Waals surface area contributed by atoms with Crippen LogP contribution in [0.2, 0.25) is 5.02 Å². The molecule has 3 aromatic rings. The van der Waals surface area contributed by atoms with Gasteiger partial charge >= 0.3 is 5.97 Å². The van der Waals surface area contributed by atoms with Crippen LogP contribution >= 0.6 is 11.6 Å². The molecule has 4 amide bonds. The van der Waals surface area contributed by atoms with Gasteiger partial charge in [-0.3, -0.25) is 34.9 Å². The number of fused-ring (bicyclic) bond motifs is 5. The number of halogens is 1. The zero-order chi connectivity index (χ0) is 28.7. The predicted molar refractivity (Wildman–Crippen MR) is 149 cm³/mol. The minimum absolute atomic E-state index is 0.0864. The number of hydrogen-bond donors (Lipinski definition) is 2. The maximum atomic E-state index is 13.6. The monoisotopic (exact) mass is 571 g/mol. The summed E-state index contributed by atoms with van der Waals surface area (Å²) in [6.45, 7) is -0.653. The van der Waals surface area contributed by atoms with Crippen LogP contribution < -0.4 is 15.8 Å². The molecule has 0 aromatic heterocycles. The Morgan fingerprint density at radius 2 is 1.56 bits per heavy atom. The van der Waals surface area contributed by atoms with Crippen molar-refractivity contribution in [3.05, 3.63) is 101 Å². The van der Waals surface area contributed by atoms with Crippen molar-refractivity contribution >= 4 is 46.9 Å². The Morgan fingerprint density at radius 3 is 2.32 bits per heavy atom. The highest BCUT2D eigenvalue weighted by Gasteiger charge is 2.64. The lowest BCUT2D eigenvalue weighted by Gasteiger charge is -2.28. The molecular weight excluding hydrogens is 546 g/mol. The van der Waals surface area contributed by atoms with Crippen LogP contribution in [0.15, 0.2) is 78.9 Å². The van der Waals surface area contributed by atoms with Crippen LogP contribution in [-0.2, 0) is 19.1 Å². The number of nitrogens with zero attached hydrogens (tertiary/aromatic N) is 1. The van der Waals surface area contributed by atoms with E-state index < -0.39 is 24.4 Å². The van der Waals surface area contributed by atoms with Crippen molar-refractivity contribution in [2.45, 2.75) is 18.8 Å². The number of anilines is 1. The second-order valence-corrected chi connectivity index (χ2v) is 11.0. The number of rotatable bonds is 6. The summed E-state index contributed by atoms with van der Waals surface area (Å²) in [4.78, 5) is 65.2. The normalized spacial score (nSPS) is 24.2. The van der Waals surface area contributed by atoms with Crippen LogP contribution in [-0.4, -0.2) is 36.2 Å². The van der Waals surface area contributed by atoms with Crippen LogP contribution in [0.25, 0.3) is 0 Å². The van der Waals surface area contributed by atoms with Crippen molar-refractivity contribution in [1.82, 2.24) is 10.9 Å². The zero-order valence-electron chi connectivity index (χ0n) is 21.8. The molecule has 1 heterocycles. The Balaban J connectivity index is 1.08. The Kier molecular flexibility index (Phi) is 7.05. The quantitative estimate of drug-likeness (QED) is 0.263. The molecule has 2 N–H and O–H groups in total. The first kappa shape index (κ1) is 26.7. The van der Waals surface area contributed by atoms with Crippen molar-refractivity contribution in [3.63, 3.8) is 0 Å². The van der Waals surface area contributed by atoms with Gasteiger partial charge in [0.05, 0.1) is 23.1 Å². The molecule has 2 bridgehead atoms. The summed E-state index contributed by atoms with van der Waals surface area (Å²) in [6.07, 6.45) is 1.76. The van der Waals surface area contributed by atoms with Crippen LogP contribution in [0, 0.1) is 23.7 Å². The lowest BCUT2D eigenvalue weighted by molar-refractivity contribution is -0.125. The highest BCUT2D eigenvalue weighted by Crippen LogP contribution is 2.61. The molecule has 6 rings (SSSR count). The fourth-order valence-electron chi connectivity index (χ4n) is 6.62. The molecule has 3 aliphatic rings. The van der Waals surface area contributed by atoms with E-state index in [-0.39, 0.29) is 52.5 Å². The summed E-state index contributed by atoms with van der Waals surface area (Å²) in [5.74, 6) is -2.76. The van der Waals surface area contributed by atoms with Crippen molar-refractivity contribution in [1.29, 1.82) is 0 Å². The maximum Gasteiger partial charge on any atom is 0.338 e. The molecule has 3 fully saturated rings. The van der Waals surface area contributed by atoms with E-state index in [1.54, 1.807) is 12.1 Å². The number of esters is 1. The molecule has 5 atom stereocenters. The highest BCUT2D eigenvalue weighted by atomic mass is 35.5. The van der Waals surface area contributed by atoms with E-state index in [1.165, 1.54) is 46.9 Å². The van der Waals surface area contributed by atoms with E-state index in [4.69, 9.17) is 16.3 Å². The van der Waals surface area contributed by atoms with E-state index in [1.807, 2.05) is 18.2 Å². The third-order valence-corrected chi connectivity index (χ3v) is 8.59. The third kappa shape index (κ3) is 4.97. The molecule has 1 aliphatic heterocycles. The molecule has 2 aliphatic carbocycles. The number of carbonyl (C=O) groups excluding carboxylic acids is 5. The lowest BCUT2D eigenvalue weighted by Crippen LogP contribution is -2.43. The molecule has 208 valence electrons. The molecular formula is C31H26ClN3O6. The SMILES string of the molecule is O=C(COC(=O)c1cccc(N2C(=O)[C@@H]3[C@@H]4C[C@@H]([C@@H]3C2=O)[C@H](c2ccccc2)C4)c1)NNC(=O)c1ccc(Cl)cc1. The number of ether oxygens (including phenoxy) is 1. The predicted octanol–water partition coefficient (Wildman–Crippen LogP) is 3.89. The number of carbonyl (C=O) groups is 5. The molecule has 2 saturated carbocycles. The number of imide groups is 1. The van der Waals surface area contributed by atoms with Gasteiger partial charge in [0.15, 0.2) is 6.61 Å². The Hall–Kier alpha value is -4.50. The van der Waals surface area contributed by atoms with E-state index in [0.29, 0.717) is 10.7 Å². The minimum Gasteiger partial charge on any atom is -0.452 e. The number of amides is 4. The van der Waals surface area contributed by atoms with Gasteiger partial charge in [-0.1, -0.05) is 48.0 Å². The van der Waals surface area contributed by atoms with Crippen LogP contribution in [0.5, 0.6) is 0 Å². The molecule has 0 spiro atoms. The van der Waals surface area contributed by atoms with Crippen LogP contribution in [0.3, 0.4) is 0 Å². The van der Waals surface area contributed by atoms with Gasteiger partial charge in [-0.15, -0.1) is 0 Å². The maximum absolute atomic E-state index is 13.6. The summed E-state index contributed by atoms with van der Waals surface area (Å²) in [7, 11) is 0. The molecule has 0 radical (unpaired) electrons. The van der Waals surface area contributed by atoms with Crippen molar-refractivity contribution in [3.8, 4) is 0 Å². The Labute approximate surface area is 240 Å². The topological polar surface area (TPSA) is 122 Å². The van der Waals surface area contributed by atoms with E-state index in [2.05, 4.69) is 23.0 Å². The summed E-state index contributed by atoms with van der Waals surface area (Å²) < 4.78 is 5.09. The van der Waals surface area contributed by atoms with E-state index in [0.717, 1.165) is 12.8 Å². The lowest BCUT2D eigenvalue weighted by atomic mass is 9.73. The number of hydrazine groups is 1. The summed E-state index contributed by atoms with van der Waals surface area (Å²) in [6, 6.07) is 22.3. The molecule has 9 nitrogen and oxygen atoms in total. The van der Waals surface area contributed by atoms with Gasteiger partial charge in [0.1, 0.15) is 0 Å². The molecule has 3 aromatic carbocycles. The molecule has 1 saturated heterocycles. The smallest absolute Gasteiger partial charge is 0.338 e. The van der Waals surface area contributed by atoms with Gasteiger partial charge in [0.2, 0.25) is 11.8 Å². The van der Waals surface area contributed by atoms with E-state index in [9.17, 15) is 24.0 Å². The summed E-state index contributed by atoms with van der Waals surface area (Å²) >= 11 is 5.80. The standard InChI is InChI=1S/C31H26ClN3O6/c32-21-11-9-18(10-12-21)28(37)34-33-25(36)16-41-31(40)19-7-4-8-22(13-19)35-29(38)26-20-14-23(17-5-2-1-3-6-17)24(15-20)27(26)30(35)39/h1-13,20,23-24,26-27H,14-16H2,(H,33,36)(H,34,37)/t20-,23-,24+,26+,27-/m0/s1. The molecule has 0 unspecified atom stereocenters. The Bertz CT molecular complexity index is 1540. The van der Waals surface area contributed by atoms with Crippen molar-refractivity contribution in [2.75, 3.05) is 11.5 Å². The summed E-state index contributed by atoms with van der Waals surface area (Å²) in [5.41, 5.74) is 6.28. The second-order valence-electron chi connectivity index (χ2n) is 10.6. The summed E-state index contributed by atoms with van der Waals surface area (Å²) in [5, 5.41) is 0.465. The minimum atomic E-state index is -0.811. The first-order valence-electron chi connectivity index (χ1n) is 13.4. The zero-order valence-corrected chi connectivity index (χ0v) is 22.5. The molecule has 10 heteroatoms. The average molecular weight is 572 g/mol. The number of nitrogens with one attached hydrogen (secondary N) is 2. The van der Waals surface area contributed by atoms with Gasteiger partial charge in [-0.2, -0.15) is 0 Å². The molecule has 41 heavy (non-hydrogen) atoms. The third-order valence-electron chi connectivity index (χ3n) is 8.34. The van der Waals surface area contributed by atoms with Crippen LogP contribution in [0.4, 0.5) is 5.69 Å². The van der Waals surface area contributed by atoms with Crippen molar-refractivity contribution in [2.24, 2.45) is 23.7 Å². The van der Waals surface area contributed by atoms with Gasteiger partial charge < -0.3 is 4.74 Å². The first-order valence-corrected chi connectivity index (χ1v) is 13.7. The number of hydrogen-bond acceptors (Lipinski definition) is 6. The first-order chi connectivity index (χ1) is 19.8. The van der Waals surface area contributed by atoms with Gasteiger partial charge in [-0.25, -0.2) is 4.79 Å². The largest absolute Gasteiger partial charge is 0.452 e. The van der Waals surface area contributed by atoms with Gasteiger partial charge in [-0.05, 0) is 78.6 Å². The van der Waals surface area contributed by atoms with Crippen molar-refractivity contribution < 1.29 is 28.7 Å². The van der Waals surface area contributed by atoms with Crippen LogP contribution in [0.1, 0.15) is 45.0 Å². The van der Waals surface area contributed by atoms with Gasteiger partial charge in [0, 0.05) is 10.6 Å².